The topological polar surface area (TPSA) is 62.2 Å². The van der Waals surface area contributed by atoms with Crippen LogP contribution < -0.4 is 4.90 Å². The first-order valence-electron chi connectivity index (χ1n) is 8.72. The van der Waals surface area contributed by atoms with Crippen molar-refractivity contribution in [1.29, 1.82) is 0 Å². The number of amides is 1. The van der Waals surface area contributed by atoms with E-state index in [9.17, 15) is 4.79 Å². The molecule has 0 saturated carbocycles. The van der Waals surface area contributed by atoms with Crippen molar-refractivity contribution < 1.29 is 4.79 Å². The molecule has 1 atom stereocenters. The standard InChI is InChI=1S/C19H21N5OS/c1-12-13(11-20-19(21-12)23(2)3)18(25)24-10-6-8-15(24)17-22-14-7-4-5-9-16(14)26-17/h4-5,7,9,11,15H,6,8,10H2,1-3H3/t15-/m0/s1. The van der Waals surface area contributed by atoms with E-state index in [4.69, 9.17) is 4.98 Å². The van der Waals surface area contributed by atoms with Gasteiger partial charge in [0.2, 0.25) is 5.95 Å². The fourth-order valence-electron chi connectivity index (χ4n) is 3.33. The number of benzene rings is 1. The number of hydrogen-bond acceptors (Lipinski definition) is 6. The Morgan fingerprint density at radius 3 is 2.81 bits per heavy atom. The maximum absolute atomic E-state index is 13.2. The molecule has 26 heavy (non-hydrogen) atoms. The number of aryl methyl sites for hydroxylation is 1. The summed E-state index contributed by atoms with van der Waals surface area (Å²) in [7, 11) is 3.78. The lowest BCUT2D eigenvalue weighted by molar-refractivity contribution is 0.0734. The maximum atomic E-state index is 13.2. The minimum absolute atomic E-state index is 0.00503. The number of carbonyl (C=O) groups excluding carboxylic acids is 1. The third kappa shape index (κ3) is 2.92. The number of likely N-dealkylation sites (tertiary alicyclic amines) is 1. The molecule has 7 heteroatoms. The van der Waals surface area contributed by atoms with Crippen LogP contribution in [0.3, 0.4) is 0 Å². The van der Waals surface area contributed by atoms with Crippen molar-refractivity contribution >= 4 is 33.4 Å². The molecule has 1 amide bonds. The van der Waals surface area contributed by atoms with E-state index in [1.807, 2.05) is 49.0 Å². The average molecular weight is 367 g/mol. The Hall–Kier alpha value is -2.54. The molecule has 0 aliphatic carbocycles. The average Bonchev–Trinajstić information content (AvgIpc) is 3.27. The smallest absolute Gasteiger partial charge is 0.257 e. The van der Waals surface area contributed by atoms with Gasteiger partial charge in [0.1, 0.15) is 5.01 Å². The maximum Gasteiger partial charge on any atom is 0.257 e. The summed E-state index contributed by atoms with van der Waals surface area (Å²) in [5.41, 5.74) is 2.29. The zero-order valence-corrected chi connectivity index (χ0v) is 16.0. The minimum atomic E-state index is -0.00503. The number of anilines is 1. The highest BCUT2D eigenvalue weighted by atomic mass is 32.1. The molecule has 1 saturated heterocycles. The Balaban J connectivity index is 1.64. The molecule has 6 nitrogen and oxygen atoms in total. The van der Waals surface area contributed by atoms with Crippen LogP contribution in [-0.2, 0) is 0 Å². The van der Waals surface area contributed by atoms with Gasteiger partial charge in [-0.3, -0.25) is 4.79 Å². The lowest BCUT2D eigenvalue weighted by Crippen LogP contribution is -2.31. The number of aromatic nitrogens is 3. The molecule has 2 aromatic heterocycles. The molecule has 1 aliphatic heterocycles. The van der Waals surface area contributed by atoms with Crippen molar-refractivity contribution in [1.82, 2.24) is 19.9 Å². The second-order valence-corrected chi connectivity index (χ2v) is 7.80. The summed E-state index contributed by atoms with van der Waals surface area (Å²) in [5, 5.41) is 1.01. The molecule has 1 aromatic carbocycles. The fourth-order valence-corrected chi connectivity index (χ4v) is 4.45. The van der Waals surface area contributed by atoms with Crippen LogP contribution in [-0.4, -0.2) is 46.4 Å². The van der Waals surface area contributed by atoms with E-state index in [0.717, 1.165) is 34.6 Å². The molecule has 0 unspecified atom stereocenters. The van der Waals surface area contributed by atoms with E-state index < -0.39 is 0 Å². The molecule has 4 rings (SSSR count). The van der Waals surface area contributed by atoms with Crippen LogP contribution in [0.15, 0.2) is 30.5 Å². The van der Waals surface area contributed by atoms with E-state index in [0.29, 0.717) is 17.2 Å². The first-order chi connectivity index (χ1) is 12.5. The van der Waals surface area contributed by atoms with E-state index in [1.165, 1.54) is 0 Å². The number of para-hydroxylation sites is 1. The van der Waals surface area contributed by atoms with Crippen LogP contribution in [0.2, 0.25) is 0 Å². The van der Waals surface area contributed by atoms with Crippen molar-refractivity contribution in [2.24, 2.45) is 0 Å². The van der Waals surface area contributed by atoms with Crippen LogP contribution in [0.4, 0.5) is 5.95 Å². The highest BCUT2D eigenvalue weighted by Gasteiger charge is 2.33. The quantitative estimate of drug-likeness (QED) is 0.710. The minimum Gasteiger partial charge on any atom is -0.347 e. The zero-order chi connectivity index (χ0) is 18.3. The van der Waals surface area contributed by atoms with E-state index >= 15 is 0 Å². The Kier molecular flexibility index (Phi) is 4.32. The molecular weight excluding hydrogens is 346 g/mol. The largest absolute Gasteiger partial charge is 0.347 e. The second kappa shape index (κ2) is 6.64. The SMILES string of the molecule is Cc1nc(N(C)C)ncc1C(=O)N1CCC[C@H]1c1nc2ccccc2s1. The number of thiazole rings is 1. The molecule has 1 fully saturated rings. The van der Waals surface area contributed by atoms with Gasteiger partial charge in [0.25, 0.3) is 5.91 Å². The molecule has 134 valence electrons. The molecule has 0 N–H and O–H groups in total. The Morgan fingerprint density at radius 1 is 1.27 bits per heavy atom. The van der Waals surface area contributed by atoms with Gasteiger partial charge < -0.3 is 9.80 Å². The van der Waals surface area contributed by atoms with Gasteiger partial charge in [-0.15, -0.1) is 11.3 Å². The molecule has 0 radical (unpaired) electrons. The lowest BCUT2D eigenvalue weighted by atomic mass is 10.2. The van der Waals surface area contributed by atoms with Gasteiger partial charge in [0, 0.05) is 26.8 Å². The van der Waals surface area contributed by atoms with Crippen molar-refractivity contribution in [3.05, 3.63) is 46.7 Å². The number of carbonyl (C=O) groups is 1. The van der Waals surface area contributed by atoms with Crippen LogP contribution in [0.5, 0.6) is 0 Å². The van der Waals surface area contributed by atoms with Crippen LogP contribution in [0.25, 0.3) is 10.2 Å². The van der Waals surface area contributed by atoms with Gasteiger partial charge in [-0.2, -0.15) is 0 Å². The van der Waals surface area contributed by atoms with Crippen molar-refractivity contribution in [3.8, 4) is 0 Å². The Bertz CT molecular complexity index is 934. The van der Waals surface area contributed by atoms with Gasteiger partial charge >= 0.3 is 0 Å². The zero-order valence-electron chi connectivity index (χ0n) is 15.1. The Morgan fingerprint density at radius 2 is 2.08 bits per heavy atom. The molecule has 3 aromatic rings. The van der Waals surface area contributed by atoms with Gasteiger partial charge in [-0.25, -0.2) is 15.0 Å². The summed E-state index contributed by atoms with van der Waals surface area (Å²) >= 11 is 1.68. The Labute approximate surface area is 156 Å². The molecule has 0 spiro atoms. The van der Waals surface area contributed by atoms with Crippen LogP contribution >= 0.6 is 11.3 Å². The fraction of sp³-hybridized carbons (Fsp3) is 0.368. The van der Waals surface area contributed by atoms with Gasteiger partial charge in [0.05, 0.1) is 27.5 Å². The third-order valence-corrected chi connectivity index (χ3v) is 5.84. The number of hydrogen-bond donors (Lipinski definition) is 0. The molecule has 3 heterocycles. The van der Waals surface area contributed by atoms with Crippen LogP contribution in [0.1, 0.15) is 39.9 Å². The van der Waals surface area contributed by atoms with Crippen molar-refractivity contribution in [2.75, 3.05) is 25.5 Å². The van der Waals surface area contributed by atoms with Crippen molar-refractivity contribution in [3.63, 3.8) is 0 Å². The number of rotatable bonds is 3. The third-order valence-electron chi connectivity index (χ3n) is 4.71. The van der Waals surface area contributed by atoms with E-state index in [2.05, 4.69) is 16.0 Å². The summed E-state index contributed by atoms with van der Waals surface area (Å²) in [4.78, 5) is 30.5. The van der Waals surface area contributed by atoms with Gasteiger partial charge in [-0.1, -0.05) is 12.1 Å². The normalized spacial score (nSPS) is 17.0. The number of nitrogens with zero attached hydrogens (tertiary/aromatic N) is 5. The van der Waals surface area contributed by atoms with Gasteiger partial charge in [-0.05, 0) is 31.9 Å². The van der Waals surface area contributed by atoms with Crippen LogP contribution in [0, 0.1) is 6.92 Å². The molecular formula is C19H21N5OS. The second-order valence-electron chi connectivity index (χ2n) is 6.74. The predicted molar refractivity (Wildman–Crippen MR) is 104 cm³/mol. The van der Waals surface area contributed by atoms with E-state index in [1.54, 1.807) is 17.5 Å². The summed E-state index contributed by atoms with van der Waals surface area (Å²) < 4.78 is 1.16. The monoisotopic (exact) mass is 367 g/mol. The molecule has 1 aliphatic rings. The lowest BCUT2D eigenvalue weighted by Gasteiger charge is -2.24. The number of fused-ring (bicyclic) bond motifs is 1. The highest BCUT2D eigenvalue weighted by molar-refractivity contribution is 7.18. The summed E-state index contributed by atoms with van der Waals surface area (Å²) in [5.74, 6) is 0.609. The first-order valence-corrected chi connectivity index (χ1v) is 9.53. The summed E-state index contributed by atoms with van der Waals surface area (Å²) in [6, 6.07) is 8.16. The van der Waals surface area contributed by atoms with Gasteiger partial charge in [0.15, 0.2) is 0 Å². The van der Waals surface area contributed by atoms with Crippen molar-refractivity contribution in [2.45, 2.75) is 25.8 Å². The predicted octanol–water partition coefficient (Wildman–Crippen LogP) is 3.44. The van der Waals surface area contributed by atoms with E-state index in [-0.39, 0.29) is 11.9 Å². The molecule has 0 bridgehead atoms. The summed E-state index contributed by atoms with van der Waals surface area (Å²) in [6.07, 6.45) is 3.58. The highest BCUT2D eigenvalue weighted by Crippen LogP contribution is 2.37. The summed E-state index contributed by atoms with van der Waals surface area (Å²) in [6.45, 7) is 2.61. The first kappa shape index (κ1) is 16.9.